The van der Waals surface area contributed by atoms with Gasteiger partial charge in [-0.1, -0.05) is 0 Å². The van der Waals surface area contributed by atoms with Gasteiger partial charge in [-0.3, -0.25) is 14.5 Å². The van der Waals surface area contributed by atoms with E-state index >= 15 is 0 Å². The monoisotopic (exact) mass is 336 g/mol. The second-order valence-corrected chi connectivity index (χ2v) is 7.11. The lowest BCUT2D eigenvalue weighted by Gasteiger charge is -2.15. The highest BCUT2D eigenvalue weighted by atomic mass is 32.1. The van der Waals surface area contributed by atoms with Crippen molar-refractivity contribution in [2.24, 2.45) is 0 Å². The predicted molar refractivity (Wildman–Crippen MR) is 85.2 cm³/mol. The summed E-state index contributed by atoms with van der Waals surface area (Å²) < 4.78 is 0. The summed E-state index contributed by atoms with van der Waals surface area (Å²) in [4.78, 5) is 43.9. The van der Waals surface area contributed by atoms with Crippen molar-refractivity contribution in [3.8, 4) is 0 Å². The number of hydrogen-bond donors (Lipinski definition) is 1. The van der Waals surface area contributed by atoms with E-state index in [0.717, 1.165) is 22.7 Å². The Balaban J connectivity index is 1.46. The molecule has 1 aliphatic heterocycles. The van der Waals surface area contributed by atoms with Gasteiger partial charge in [-0.25, -0.2) is 9.78 Å². The molecule has 0 saturated carbocycles. The number of imide groups is 1. The number of amides is 4. The number of aryl methyl sites for hydroxylation is 2. The molecule has 1 aliphatic carbocycles. The van der Waals surface area contributed by atoms with Crippen LogP contribution in [-0.4, -0.2) is 59.3 Å². The van der Waals surface area contributed by atoms with Gasteiger partial charge in [-0.05, 0) is 19.3 Å². The maximum absolute atomic E-state index is 12.0. The zero-order valence-corrected chi connectivity index (χ0v) is 14.1. The Hall–Kier alpha value is -1.96. The lowest BCUT2D eigenvalue weighted by molar-refractivity contribution is -0.131. The van der Waals surface area contributed by atoms with Crippen molar-refractivity contribution in [1.82, 2.24) is 20.1 Å². The molecule has 7 nitrogen and oxygen atoms in total. The molecule has 1 aromatic heterocycles. The molecule has 1 fully saturated rings. The first-order valence-electron chi connectivity index (χ1n) is 7.76. The SMILES string of the molecule is CN1C(=O)[C@@H](CC(=O)NCCc2nc3c(s2)CCC3)N(C)C1=O. The van der Waals surface area contributed by atoms with Crippen molar-refractivity contribution in [2.45, 2.75) is 38.1 Å². The molecule has 2 aliphatic rings. The largest absolute Gasteiger partial charge is 0.356 e. The van der Waals surface area contributed by atoms with Crippen LogP contribution in [0.3, 0.4) is 0 Å². The standard InChI is InChI=1S/C15H20N4O3S/c1-18-10(14(21)19(2)15(18)22)8-12(20)16-7-6-13-17-9-4-3-5-11(9)23-13/h10H,3-8H2,1-2H3,(H,16,20)/t10-/m1/s1. The number of nitrogens with one attached hydrogen (secondary N) is 1. The van der Waals surface area contributed by atoms with E-state index in [1.54, 1.807) is 18.4 Å². The molecule has 1 aromatic rings. The zero-order chi connectivity index (χ0) is 16.6. The van der Waals surface area contributed by atoms with Crippen LogP contribution in [0.1, 0.15) is 28.4 Å². The zero-order valence-electron chi connectivity index (χ0n) is 13.3. The molecule has 0 spiro atoms. The molecule has 1 N–H and O–H groups in total. The van der Waals surface area contributed by atoms with Gasteiger partial charge in [0.2, 0.25) is 5.91 Å². The summed E-state index contributed by atoms with van der Waals surface area (Å²) in [7, 11) is 2.97. The van der Waals surface area contributed by atoms with Crippen LogP contribution >= 0.6 is 11.3 Å². The number of likely N-dealkylation sites (N-methyl/N-ethyl adjacent to an activating group) is 2. The maximum atomic E-state index is 12.0. The van der Waals surface area contributed by atoms with Crippen molar-refractivity contribution in [2.75, 3.05) is 20.6 Å². The van der Waals surface area contributed by atoms with Crippen LogP contribution in [0.5, 0.6) is 0 Å². The number of urea groups is 1. The normalized spacial score (nSPS) is 20.3. The first-order chi connectivity index (χ1) is 11.0. The molecule has 0 bridgehead atoms. The fraction of sp³-hybridized carbons (Fsp3) is 0.600. The summed E-state index contributed by atoms with van der Waals surface area (Å²) in [6.45, 7) is 0.500. The van der Waals surface area contributed by atoms with Crippen molar-refractivity contribution in [3.05, 3.63) is 15.6 Å². The van der Waals surface area contributed by atoms with E-state index in [0.29, 0.717) is 13.0 Å². The predicted octanol–water partition coefficient (Wildman–Crippen LogP) is 0.573. The number of nitrogens with zero attached hydrogens (tertiary/aromatic N) is 3. The Bertz CT molecular complexity index is 636. The first kappa shape index (κ1) is 15.9. The average Bonchev–Trinajstić information content (AvgIpc) is 3.14. The number of rotatable bonds is 5. The maximum Gasteiger partial charge on any atom is 0.326 e. The smallest absolute Gasteiger partial charge is 0.326 e. The van der Waals surface area contributed by atoms with Gasteiger partial charge in [0.05, 0.1) is 17.1 Å². The molecule has 0 unspecified atom stereocenters. The van der Waals surface area contributed by atoms with Crippen LogP contribution in [-0.2, 0) is 28.9 Å². The number of fused-ring (bicyclic) bond motifs is 1. The molecule has 0 radical (unpaired) electrons. The van der Waals surface area contributed by atoms with Crippen LogP contribution in [0.15, 0.2) is 0 Å². The summed E-state index contributed by atoms with van der Waals surface area (Å²) in [5, 5.41) is 3.87. The molecule has 1 atom stereocenters. The molecule has 23 heavy (non-hydrogen) atoms. The van der Waals surface area contributed by atoms with Gasteiger partial charge in [0.15, 0.2) is 0 Å². The second kappa shape index (κ2) is 6.27. The Kier molecular flexibility index (Phi) is 4.34. The third kappa shape index (κ3) is 3.08. The van der Waals surface area contributed by atoms with E-state index in [1.807, 2.05) is 0 Å². The van der Waals surface area contributed by atoms with Crippen LogP contribution in [0.2, 0.25) is 0 Å². The first-order valence-corrected chi connectivity index (χ1v) is 8.57. The minimum absolute atomic E-state index is 0.000216. The fourth-order valence-electron chi connectivity index (χ4n) is 2.99. The number of aromatic nitrogens is 1. The summed E-state index contributed by atoms with van der Waals surface area (Å²) in [6, 6.07) is -1.07. The number of carbonyl (C=O) groups excluding carboxylic acids is 3. The highest BCUT2D eigenvalue weighted by molar-refractivity contribution is 7.11. The van der Waals surface area contributed by atoms with E-state index in [1.165, 1.54) is 28.9 Å². The van der Waals surface area contributed by atoms with Gasteiger partial charge >= 0.3 is 6.03 Å². The van der Waals surface area contributed by atoms with Crippen molar-refractivity contribution >= 4 is 29.2 Å². The summed E-state index contributed by atoms with van der Waals surface area (Å²) >= 11 is 1.73. The van der Waals surface area contributed by atoms with E-state index in [4.69, 9.17) is 0 Å². The van der Waals surface area contributed by atoms with Gasteiger partial charge < -0.3 is 10.2 Å². The van der Waals surface area contributed by atoms with E-state index in [-0.39, 0.29) is 24.3 Å². The minimum Gasteiger partial charge on any atom is -0.356 e. The number of hydrogen-bond acceptors (Lipinski definition) is 5. The summed E-state index contributed by atoms with van der Waals surface area (Å²) in [6.07, 6.45) is 4.09. The van der Waals surface area contributed by atoms with E-state index in [2.05, 4.69) is 10.3 Å². The molecule has 3 rings (SSSR count). The number of thiazole rings is 1. The summed E-state index contributed by atoms with van der Waals surface area (Å²) in [5.41, 5.74) is 1.22. The Morgan fingerprint density at radius 2 is 2.13 bits per heavy atom. The molecule has 0 aromatic carbocycles. The van der Waals surface area contributed by atoms with Crippen molar-refractivity contribution in [3.63, 3.8) is 0 Å². The van der Waals surface area contributed by atoms with Crippen molar-refractivity contribution in [1.29, 1.82) is 0 Å². The Morgan fingerprint density at radius 1 is 1.35 bits per heavy atom. The van der Waals surface area contributed by atoms with Gasteiger partial charge in [0, 0.05) is 31.9 Å². The van der Waals surface area contributed by atoms with Crippen LogP contribution < -0.4 is 5.32 Å². The molecule has 4 amide bonds. The Morgan fingerprint density at radius 3 is 2.78 bits per heavy atom. The van der Waals surface area contributed by atoms with Crippen LogP contribution in [0.4, 0.5) is 4.79 Å². The highest BCUT2D eigenvalue weighted by Gasteiger charge is 2.41. The molecule has 1 saturated heterocycles. The summed E-state index contributed by atoms with van der Waals surface area (Å²) in [5.74, 6) is -0.550. The topological polar surface area (TPSA) is 82.6 Å². The van der Waals surface area contributed by atoms with Gasteiger partial charge in [0.25, 0.3) is 5.91 Å². The van der Waals surface area contributed by atoms with E-state index < -0.39 is 6.04 Å². The molecular weight excluding hydrogens is 316 g/mol. The van der Waals surface area contributed by atoms with Gasteiger partial charge in [-0.2, -0.15) is 0 Å². The lowest BCUT2D eigenvalue weighted by Crippen LogP contribution is -2.37. The van der Waals surface area contributed by atoms with Gasteiger partial charge in [-0.15, -0.1) is 11.3 Å². The van der Waals surface area contributed by atoms with Gasteiger partial charge in [0.1, 0.15) is 6.04 Å². The number of carbonyl (C=O) groups is 3. The molecular formula is C15H20N4O3S. The third-order valence-corrected chi connectivity index (χ3v) is 5.57. The van der Waals surface area contributed by atoms with Crippen LogP contribution in [0.25, 0.3) is 0 Å². The minimum atomic E-state index is -0.698. The molecule has 8 heteroatoms. The van der Waals surface area contributed by atoms with E-state index in [9.17, 15) is 14.4 Å². The Labute approximate surface area is 138 Å². The van der Waals surface area contributed by atoms with Crippen molar-refractivity contribution < 1.29 is 14.4 Å². The second-order valence-electron chi connectivity index (χ2n) is 5.94. The fourth-order valence-corrected chi connectivity index (χ4v) is 4.14. The molecule has 2 heterocycles. The van der Waals surface area contributed by atoms with Crippen LogP contribution in [0, 0.1) is 0 Å². The molecule has 124 valence electrons. The average molecular weight is 336 g/mol. The quantitative estimate of drug-likeness (QED) is 0.797. The highest BCUT2D eigenvalue weighted by Crippen LogP contribution is 2.27. The lowest BCUT2D eigenvalue weighted by atomic mass is 10.2. The third-order valence-electron chi connectivity index (χ3n) is 4.35.